The molecule has 0 spiro atoms. The van der Waals surface area contributed by atoms with Crippen molar-refractivity contribution >= 4 is 33.3 Å². The number of aryl methyl sites for hydroxylation is 1. The predicted octanol–water partition coefficient (Wildman–Crippen LogP) is 4.36. The Morgan fingerprint density at radius 3 is 2.35 bits per heavy atom. The van der Waals surface area contributed by atoms with Crippen molar-refractivity contribution in [3.63, 3.8) is 0 Å². The van der Waals surface area contributed by atoms with E-state index in [0.29, 0.717) is 16.7 Å². The SMILES string of the molecule is CNC(=O)/C(=N\OC)c1ccccc1COc1ncc(C(O)(COS(=O)(=O)c2ccc(C)cc2)c2ccccc2)cc1Cl. The molecule has 4 aromatic rings. The Balaban J connectivity index is 1.61. The molecule has 2 N–H and O–H groups in total. The lowest BCUT2D eigenvalue weighted by Gasteiger charge is -2.29. The molecule has 43 heavy (non-hydrogen) atoms. The van der Waals surface area contributed by atoms with E-state index in [4.69, 9.17) is 25.4 Å². The summed E-state index contributed by atoms with van der Waals surface area (Å²) in [7, 11) is -1.37. The number of carbonyl (C=O) groups is 1. The highest BCUT2D eigenvalue weighted by Crippen LogP contribution is 2.35. The molecule has 0 radical (unpaired) electrons. The Hall–Kier alpha value is -4.29. The molecule has 1 unspecified atom stereocenters. The van der Waals surface area contributed by atoms with Gasteiger partial charge in [-0.05, 0) is 36.2 Å². The Bertz CT molecular complexity index is 1720. The van der Waals surface area contributed by atoms with Gasteiger partial charge >= 0.3 is 0 Å². The number of halogens is 1. The number of pyridine rings is 1. The quantitative estimate of drug-likeness (QED) is 0.135. The summed E-state index contributed by atoms with van der Waals surface area (Å²) in [5, 5.41) is 18.3. The lowest BCUT2D eigenvalue weighted by atomic mass is 9.88. The number of amides is 1. The van der Waals surface area contributed by atoms with Crippen LogP contribution in [0.15, 0.2) is 101 Å². The van der Waals surface area contributed by atoms with E-state index in [1.165, 1.54) is 38.6 Å². The van der Waals surface area contributed by atoms with Crippen LogP contribution in [0.5, 0.6) is 5.88 Å². The van der Waals surface area contributed by atoms with Crippen LogP contribution in [-0.2, 0) is 36.1 Å². The third-order valence-electron chi connectivity index (χ3n) is 6.53. The molecule has 224 valence electrons. The van der Waals surface area contributed by atoms with Gasteiger partial charge in [0.1, 0.15) is 30.9 Å². The van der Waals surface area contributed by atoms with Crippen LogP contribution >= 0.6 is 11.6 Å². The summed E-state index contributed by atoms with van der Waals surface area (Å²) >= 11 is 6.55. The van der Waals surface area contributed by atoms with Crippen LogP contribution < -0.4 is 10.1 Å². The predicted molar refractivity (Wildman–Crippen MR) is 161 cm³/mol. The van der Waals surface area contributed by atoms with E-state index in [-0.39, 0.29) is 33.7 Å². The summed E-state index contributed by atoms with van der Waals surface area (Å²) in [4.78, 5) is 21.5. The van der Waals surface area contributed by atoms with Crippen LogP contribution in [0.3, 0.4) is 0 Å². The van der Waals surface area contributed by atoms with Crippen LogP contribution in [0, 0.1) is 6.92 Å². The van der Waals surface area contributed by atoms with Crippen molar-refractivity contribution in [1.82, 2.24) is 10.3 Å². The average Bonchev–Trinajstić information content (AvgIpc) is 3.02. The number of nitrogens with one attached hydrogen (secondary N) is 1. The molecule has 0 saturated heterocycles. The molecular weight excluding hydrogens is 594 g/mol. The first-order valence-corrected chi connectivity index (χ1v) is 14.8. The number of benzene rings is 3. The van der Waals surface area contributed by atoms with E-state index >= 15 is 0 Å². The highest BCUT2D eigenvalue weighted by molar-refractivity contribution is 7.86. The van der Waals surface area contributed by atoms with Gasteiger partial charge in [-0.1, -0.05) is 89.1 Å². The maximum atomic E-state index is 12.9. The molecule has 1 heterocycles. The molecule has 0 aliphatic carbocycles. The number of hydrogen-bond donors (Lipinski definition) is 2. The highest BCUT2D eigenvalue weighted by Gasteiger charge is 2.35. The second-order valence-electron chi connectivity index (χ2n) is 9.41. The number of ether oxygens (including phenoxy) is 1. The van der Waals surface area contributed by atoms with E-state index < -0.39 is 28.2 Å². The zero-order chi connectivity index (χ0) is 31.0. The van der Waals surface area contributed by atoms with Gasteiger partial charge in [0.2, 0.25) is 5.88 Å². The smallest absolute Gasteiger partial charge is 0.297 e. The first-order chi connectivity index (χ1) is 20.6. The molecule has 1 atom stereocenters. The topological polar surface area (TPSA) is 136 Å². The van der Waals surface area contributed by atoms with Crippen molar-refractivity contribution in [2.24, 2.45) is 5.16 Å². The fourth-order valence-electron chi connectivity index (χ4n) is 4.19. The lowest BCUT2D eigenvalue weighted by molar-refractivity contribution is -0.114. The molecule has 4 rings (SSSR count). The van der Waals surface area contributed by atoms with Gasteiger partial charge in [-0.15, -0.1) is 0 Å². The van der Waals surface area contributed by atoms with E-state index in [1.54, 1.807) is 66.7 Å². The maximum absolute atomic E-state index is 12.9. The average molecular weight is 624 g/mol. The Morgan fingerprint density at radius 2 is 1.70 bits per heavy atom. The highest BCUT2D eigenvalue weighted by atomic mass is 35.5. The molecule has 0 aliphatic heterocycles. The van der Waals surface area contributed by atoms with E-state index in [2.05, 4.69) is 15.5 Å². The number of hydrogen-bond acceptors (Lipinski definition) is 9. The number of nitrogens with zero attached hydrogens (tertiary/aromatic N) is 2. The molecule has 0 aliphatic rings. The number of aromatic nitrogens is 1. The molecule has 12 heteroatoms. The second-order valence-corrected chi connectivity index (χ2v) is 11.4. The number of aliphatic hydroxyl groups is 1. The fourth-order valence-corrected chi connectivity index (χ4v) is 5.34. The van der Waals surface area contributed by atoms with Gasteiger partial charge in [0, 0.05) is 24.4 Å². The van der Waals surface area contributed by atoms with Gasteiger partial charge < -0.3 is 20.0 Å². The monoisotopic (exact) mass is 623 g/mol. The fraction of sp³-hybridized carbons (Fsp3) is 0.194. The van der Waals surface area contributed by atoms with Crippen molar-refractivity contribution in [2.75, 3.05) is 20.8 Å². The standard InChI is InChI=1S/C31H30ClN3O7S/c1-21-13-15-25(16-14-21)43(38,39)42-20-31(37,23-10-5-4-6-11-23)24-17-27(32)30(34-18-24)41-19-22-9-7-8-12-26(22)28(35-40-3)29(36)33-2/h4-18,37H,19-20H2,1-3H3,(H,33,36)/b35-28-. The largest absolute Gasteiger partial charge is 0.472 e. The maximum Gasteiger partial charge on any atom is 0.297 e. The Labute approximate surface area is 255 Å². The molecule has 10 nitrogen and oxygen atoms in total. The van der Waals surface area contributed by atoms with Crippen LogP contribution in [0.1, 0.15) is 27.8 Å². The summed E-state index contributed by atoms with van der Waals surface area (Å²) in [5.74, 6) is -0.393. The molecule has 3 aromatic carbocycles. The van der Waals surface area contributed by atoms with E-state index in [9.17, 15) is 18.3 Å². The van der Waals surface area contributed by atoms with Crippen molar-refractivity contribution in [2.45, 2.75) is 24.0 Å². The van der Waals surface area contributed by atoms with Crippen LogP contribution in [0.4, 0.5) is 0 Å². The number of rotatable bonds is 12. The minimum absolute atomic E-state index is 0.0250. The molecule has 1 aromatic heterocycles. The second kappa shape index (κ2) is 13.8. The van der Waals surface area contributed by atoms with Crippen molar-refractivity contribution < 1.29 is 32.1 Å². The summed E-state index contributed by atoms with van der Waals surface area (Å²) in [6.45, 7) is 1.18. The molecule has 1 amide bonds. The van der Waals surface area contributed by atoms with Gasteiger partial charge in [0.15, 0.2) is 5.71 Å². The third kappa shape index (κ3) is 7.38. The van der Waals surface area contributed by atoms with Crippen molar-refractivity contribution in [3.05, 3.63) is 124 Å². The van der Waals surface area contributed by atoms with Crippen LogP contribution in [-0.4, -0.2) is 50.9 Å². The normalized spacial score (nSPS) is 13.2. The van der Waals surface area contributed by atoms with Crippen molar-refractivity contribution in [3.8, 4) is 5.88 Å². The Morgan fingerprint density at radius 1 is 1.02 bits per heavy atom. The molecule has 0 saturated carbocycles. The molecule has 0 bridgehead atoms. The summed E-state index contributed by atoms with van der Waals surface area (Å²) in [6.07, 6.45) is 1.34. The Kier molecular flexibility index (Phi) is 10.1. The van der Waals surface area contributed by atoms with Crippen LogP contribution in [0.2, 0.25) is 5.02 Å². The van der Waals surface area contributed by atoms with Gasteiger partial charge in [0.25, 0.3) is 16.0 Å². The zero-order valence-electron chi connectivity index (χ0n) is 23.7. The minimum atomic E-state index is -4.19. The third-order valence-corrected chi connectivity index (χ3v) is 8.08. The van der Waals surface area contributed by atoms with E-state index in [0.717, 1.165) is 5.56 Å². The van der Waals surface area contributed by atoms with Crippen LogP contribution in [0.25, 0.3) is 0 Å². The number of carbonyl (C=O) groups excluding carboxylic acids is 1. The van der Waals surface area contributed by atoms with Gasteiger partial charge in [0.05, 0.1) is 4.90 Å². The summed E-state index contributed by atoms with van der Waals surface area (Å²) in [6, 6.07) is 23.1. The minimum Gasteiger partial charge on any atom is -0.472 e. The zero-order valence-corrected chi connectivity index (χ0v) is 25.2. The van der Waals surface area contributed by atoms with Gasteiger partial charge in [-0.25, -0.2) is 4.98 Å². The lowest BCUT2D eigenvalue weighted by Crippen LogP contribution is -2.34. The number of oxime groups is 1. The van der Waals surface area contributed by atoms with E-state index in [1.807, 2.05) is 6.92 Å². The molecular formula is C31H30ClN3O7S. The van der Waals surface area contributed by atoms with Gasteiger partial charge in [-0.2, -0.15) is 8.42 Å². The molecule has 0 fully saturated rings. The number of likely N-dealkylation sites (N-methyl/N-ethyl adjacent to an activating group) is 1. The summed E-state index contributed by atoms with van der Waals surface area (Å²) < 4.78 is 37.1. The van der Waals surface area contributed by atoms with Crippen molar-refractivity contribution in [1.29, 1.82) is 0 Å². The van der Waals surface area contributed by atoms with Gasteiger partial charge in [-0.3, -0.25) is 8.98 Å². The first kappa shape index (κ1) is 31.6. The summed E-state index contributed by atoms with van der Waals surface area (Å²) in [5.41, 5.74) is 0.674. The first-order valence-electron chi connectivity index (χ1n) is 13.0.